The SMILES string of the molecule is CCCCCCC#C/C=C\C#Cc1cccs1. The molecular formula is C16H18S. The monoisotopic (exact) mass is 242 g/mol. The van der Waals surface area contributed by atoms with E-state index < -0.39 is 0 Å². The van der Waals surface area contributed by atoms with Crippen LogP contribution in [0.25, 0.3) is 0 Å². The smallest absolute Gasteiger partial charge is 0.0771 e. The molecule has 0 saturated heterocycles. The fourth-order valence-corrected chi connectivity index (χ4v) is 1.90. The second-order valence-electron chi connectivity index (χ2n) is 3.71. The summed E-state index contributed by atoms with van der Waals surface area (Å²) in [5.41, 5.74) is 0. The van der Waals surface area contributed by atoms with Crippen molar-refractivity contribution in [3.8, 4) is 23.7 Å². The first kappa shape index (κ1) is 13.6. The minimum atomic E-state index is 1.00. The highest BCUT2D eigenvalue weighted by Gasteiger charge is 1.83. The lowest BCUT2D eigenvalue weighted by molar-refractivity contribution is 0.679. The van der Waals surface area contributed by atoms with Gasteiger partial charge in [-0.1, -0.05) is 55.9 Å². The predicted octanol–water partition coefficient (Wildman–Crippen LogP) is 4.63. The maximum atomic E-state index is 3.14. The maximum Gasteiger partial charge on any atom is 0.0771 e. The molecule has 0 aliphatic carbocycles. The van der Waals surface area contributed by atoms with Gasteiger partial charge in [0.1, 0.15) is 0 Å². The Morgan fingerprint density at radius 2 is 2.06 bits per heavy atom. The molecule has 0 aromatic carbocycles. The van der Waals surface area contributed by atoms with E-state index in [9.17, 15) is 0 Å². The zero-order valence-corrected chi connectivity index (χ0v) is 11.1. The van der Waals surface area contributed by atoms with Gasteiger partial charge in [0.25, 0.3) is 0 Å². The highest BCUT2D eigenvalue weighted by molar-refractivity contribution is 7.10. The summed E-state index contributed by atoms with van der Waals surface area (Å²) in [4.78, 5) is 1.10. The average Bonchev–Trinajstić information content (AvgIpc) is 2.85. The molecule has 1 rings (SSSR count). The summed E-state index contributed by atoms with van der Waals surface area (Å²) in [6, 6.07) is 4.03. The van der Waals surface area contributed by atoms with Crippen molar-refractivity contribution in [2.75, 3.05) is 0 Å². The third-order valence-electron chi connectivity index (χ3n) is 2.22. The Bertz CT molecular complexity index is 429. The summed E-state index contributed by atoms with van der Waals surface area (Å²) in [5.74, 6) is 12.2. The molecule has 0 bridgehead atoms. The van der Waals surface area contributed by atoms with Crippen molar-refractivity contribution in [3.05, 3.63) is 34.5 Å². The highest BCUT2D eigenvalue weighted by atomic mass is 32.1. The van der Waals surface area contributed by atoms with Crippen molar-refractivity contribution in [2.24, 2.45) is 0 Å². The van der Waals surface area contributed by atoms with Crippen LogP contribution in [0.3, 0.4) is 0 Å². The van der Waals surface area contributed by atoms with Crippen LogP contribution >= 0.6 is 11.3 Å². The third-order valence-corrected chi connectivity index (χ3v) is 3.01. The molecule has 17 heavy (non-hydrogen) atoms. The van der Waals surface area contributed by atoms with Crippen LogP contribution in [-0.4, -0.2) is 0 Å². The van der Waals surface area contributed by atoms with Gasteiger partial charge in [0.2, 0.25) is 0 Å². The molecule has 1 heteroatoms. The quantitative estimate of drug-likeness (QED) is 0.533. The first-order valence-corrected chi connectivity index (χ1v) is 7.00. The molecule has 0 unspecified atom stereocenters. The molecule has 1 aromatic heterocycles. The van der Waals surface area contributed by atoms with E-state index in [1.807, 2.05) is 29.7 Å². The van der Waals surface area contributed by atoms with Gasteiger partial charge < -0.3 is 0 Å². The van der Waals surface area contributed by atoms with E-state index in [0.29, 0.717) is 0 Å². The molecule has 0 fully saturated rings. The first-order chi connectivity index (χ1) is 8.43. The van der Waals surface area contributed by atoms with Crippen LogP contribution < -0.4 is 0 Å². The predicted molar refractivity (Wildman–Crippen MR) is 76.9 cm³/mol. The fraction of sp³-hybridized carbons (Fsp3) is 0.375. The second-order valence-corrected chi connectivity index (χ2v) is 4.66. The Hall–Kier alpha value is -1.44. The lowest BCUT2D eigenvalue weighted by atomic mass is 10.2. The van der Waals surface area contributed by atoms with E-state index in [4.69, 9.17) is 0 Å². The zero-order valence-electron chi connectivity index (χ0n) is 10.3. The van der Waals surface area contributed by atoms with Gasteiger partial charge >= 0.3 is 0 Å². The molecule has 88 valence electrons. The molecular weight excluding hydrogens is 224 g/mol. The second kappa shape index (κ2) is 9.76. The highest BCUT2D eigenvalue weighted by Crippen LogP contribution is 2.05. The van der Waals surface area contributed by atoms with Crippen LogP contribution in [0, 0.1) is 23.7 Å². The number of allylic oxidation sites excluding steroid dienone is 2. The van der Waals surface area contributed by atoms with Gasteiger partial charge in [-0.05, 0) is 30.0 Å². The minimum absolute atomic E-state index is 1.00. The van der Waals surface area contributed by atoms with Crippen molar-refractivity contribution >= 4 is 11.3 Å². The standard InChI is InChI=1S/C16H18S/c1-2-3-4-5-6-7-8-9-10-11-13-16-14-12-15-17-16/h9-10,12,14-15H,2-6H2,1H3/b10-9-. The number of hydrogen-bond acceptors (Lipinski definition) is 1. The van der Waals surface area contributed by atoms with E-state index in [1.165, 1.54) is 25.7 Å². The number of thiophene rings is 1. The van der Waals surface area contributed by atoms with Crippen LogP contribution in [0.15, 0.2) is 29.7 Å². The van der Waals surface area contributed by atoms with E-state index in [2.05, 4.69) is 30.6 Å². The summed E-state index contributed by atoms with van der Waals surface area (Å²) < 4.78 is 0. The minimum Gasteiger partial charge on any atom is -0.135 e. The van der Waals surface area contributed by atoms with E-state index in [1.54, 1.807) is 11.3 Å². The molecule has 0 aliphatic rings. The van der Waals surface area contributed by atoms with Gasteiger partial charge in [0.15, 0.2) is 0 Å². The average molecular weight is 242 g/mol. The number of rotatable bonds is 4. The number of unbranched alkanes of at least 4 members (excludes halogenated alkanes) is 4. The largest absolute Gasteiger partial charge is 0.135 e. The lowest BCUT2D eigenvalue weighted by Crippen LogP contribution is -1.73. The van der Waals surface area contributed by atoms with Gasteiger partial charge in [-0.25, -0.2) is 0 Å². The number of hydrogen-bond donors (Lipinski definition) is 0. The maximum absolute atomic E-state index is 3.14. The van der Waals surface area contributed by atoms with Crippen molar-refractivity contribution in [2.45, 2.75) is 39.0 Å². The van der Waals surface area contributed by atoms with Gasteiger partial charge in [0, 0.05) is 6.42 Å². The Kier molecular flexibility index (Phi) is 7.82. The van der Waals surface area contributed by atoms with Gasteiger partial charge in [0.05, 0.1) is 4.88 Å². The van der Waals surface area contributed by atoms with Crippen LogP contribution in [-0.2, 0) is 0 Å². The fourth-order valence-electron chi connectivity index (χ4n) is 1.32. The van der Waals surface area contributed by atoms with E-state index >= 15 is 0 Å². The van der Waals surface area contributed by atoms with Crippen molar-refractivity contribution in [3.63, 3.8) is 0 Å². The molecule has 1 heterocycles. The van der Waals surface area contributed by atoms with Gasteiger partial charge in [-0.3, -0.25) is 0 Å². The summed E-state index contributed by atoms with van der Waals surface area (Å²) in [5, 5.41) is 2.03. The third kappa shape index (κ3) is 7.45. The first-order valence-electron chi connectivity index (χ1n) is 6.12. The van der Waals surface area contributed by atoms with Crippen LogP contribution in [0.2, 0.25) is 0 Å². The Labute approximate surface area is 109 Å². The lowest BCUT2D eigenvalue weighted by Gasteiger charge is -1.91. The van der Waals surface area contributed by atoms with Gasteiger partial charge in [-0.2, -0.15) is 0 Å². The van der Waals surface area contributed by atoms with Crippen LogP contribution in [0.1, 0.15) is 43.9 Å². The summed E-state index contributed by atoms with van der Waals surface area (Å²) >= 11 is 1.66. The molecule has 0 atom stereocenters. The van der Waals surface area contributed by atoms with E-state index in [0.717, 1.165) is 11.3 Å². The zero-order chi connectivity index (χ0) is 12.2. The molecule has 0 saturated carbocycles. The molecule has 1 aromatic rings. The van der Waals surface area contributed by atoms with E-state index in [-0.39, 0.29) is 0 Å². The van der Waals surface area contributed by atoms with Gasteiger partial charge in [-0.15, -0.1) is 11.3 Å². The Morgan fingerprint density at radius 3 is 2.82 bits per heavy atom. The molecule has 0 N–H and O–H groups in total. The topological polar surface area (TPSA) is 0 Å². The van der Waals surface area contributed by atoms with Crippen molar-refractivity contribution in [1.82, 2.24) is 0 Å². The Balaban J connectivity index is 2.15. The van der Waals surface area contributed by atoms with Crippen molar-refractivity contribution < 1.29 is 0 Å². The summed E-state index contributed by atoms with van der Waals surface area (Å²) in [6.07, 6.45) is 9.78. The molecule has 0 spiro atoms. The summed E-state index contributed by atoms with van der Waals surface area (Å²) in [6.45, 7) is 2.22. The molecule has 0 aliphatic heterocycles. The molecule has 0 nitrogen and oxygen atoms in total. The molecule has 0 amide bonds. The molecule has 0 radical (unpaired) electrons. The normalized spacial score (nSPS) is 9.47. The Morgan fingerprint density at radius 1 is 1.18 bits per heavy atom. The van der Waals surface area contributed by atoms with Crippen molar-refractivity contribution in [1.29, 1.82) is 0 Å². The van der Waals surface area contributed by atoms with Crippen LogP contribution in [0.5, 0.6) is 0 Å². The summed E-state index contributed by atoms with van der Waals surface area (Å²) in [7, 11) is 0. The van der Waals surface area contributed by atoms with Crippen LogP contribution in [0.4, 0.5) is 0 Å².